The number of allylic oxidation sites excluding steroid dienone is 5. The number of unbranched alkanes of at least 4 members (excludes halogenated alkanes) is 31. The van der Waals surface area contributed by atoms with E-state index in [1.807, 2.05) is 0 Å². The summed E-state index contributed by atoms with van der Waals surface area (Å²) in [5, 5.41) is 0. The molecule has 0 amide bonds. The van der Waals surface area contributed by atoms with Gasteiger partial charge in [-0.3, -0.25) is 4.79 Å². The molecule has 0 bridgehead atoms. The van der Waals surface area contributed by atoms with E-state index in [-0.39, 0.29) is 11.9 Å². The maximum absolute atomic E-state index is 12.0. The first-order valence-electron chi connectivity index (χ1n) is 22.0. The predicted octanol–water partition coefficient (Wildman–Crippen LogP) is 16.2. The average molecular weight is 669 g/mol. The molecule has 0 spiro atoms. The molecule has 1 heterocycles. The summed E-state index contributed by atoms with van der Waals surface area (Å²) >= 11 is 0. The van der Waals surface area contributed by atoms with Crippen molar-refractivity contribution >= 4 is 5.97 Å². The number of carbonyl (C=O) groups is 1. The van der Waals surface area contributed by atoms with Gasteiger partial charge in [0.25, 0.3) is 0 Å². The minimum Gasteiger partial charge on any atom is -0.430 e. The van der Waals surface area contributed by atoms with Gasteiger partial charge in [0.2, 0.25) is 0 Å². The lowest BCUT2D eigenvalue weighted by Gasteiger charge is -2.27. The van der Waals surface area contributed by atoms with Gasteiger partial charge < -0.3 is 4.74 Å². The molecule has 1 aliphatic heterocycles. The van der Waals surface area contributed by atoms with Crippen molar-refractivity contribution in [1.29, 1.82) is 0 Å². The molecule has 0 N–H and O–H groups in total. The number of esters is 1. The highest BCUT2D eigenvalue weighted by Crippen LogP contribution is 2.31. The van der Waals surface area contributed by atoms with Crippen molar-refractivity contribution in [3.05, 3.63) is 36.1 Å². The van der Waals surface area contributed by atoms with E-state index in [4.69, 9.17) is 4.74 Å². The van der Waals surface area contributed by atoms with Crippen LogP contribution in [0.2, 0.25) is 0 Å². The van der Waals surface area contributed by atoms with E-state index in [2.05, 4.69) is 44.2 Å². The zero-order chi connectivity index (χ0) is 34.4. The van der Waals surface area contributed by atoms with Crippen molar-refractivity contribution in [1.82, 2.24) is 0 Å². The van der Waals surface area contributed by atoms with Crippen molar-refractivity contribution in [2.24, 2.45) is 5.92 Å². The molecule has 1 unspecified atom stereocenters. The van der Waals surface area contributed by atoms with Crippen LogP contribution in [0.3, 0.4) is 0 Å². The zero-order valence-electron chi connectivity index (χ0n) is 32.7. The van der Waals surface area contributed by atoms with Crippen LogP contribution in [0.1, 0.15) is 245 Å². The summed E-state index contributed by atoms with van der Waals surface area (Å²) in [6.07, 6.45) is 60.3. The number of hydrogen-bond acceptors (Lipinski definition) is 2. The lowest BCUT2D eigenvalue weighted by atomic mass is 9.95. The van der Waals surface area contributed by atoms with Crippen LogP contribution in [-0.2, 0) is 9.53 Å². The summed E-state index contributed by atoms with van der Waals surface area (Å²) in [5.41, 5.74) is 0. The third-order valence-corrected chi connectivity index (χ3v) is 10.4. The lowest BCUT2D eigenvalue weighted by Crippen LogP contribution is -2.32. The first-order chi connectivity index (χ1) is 23.8. The highest BCUT2D eigenvalue weighted by atomic mass is 16.6. The third kappa shape index (κ3) is 29.6. The Bertz CT molecular complexity index is 762. The molecular weight excluding hydrogens is 585 g/mol. The van der Waals surface area contributed by atoms with Crippen molar-refractivity contribution in [2.75, 3.05) is 0 Å². The summed E-state index contributed by atoms with van der Waals surface area (Å²) in [5.74, 6) is 0.900. The maximum Gasteiger partial charge on any atom is 0.321 e. The normalized spacial score (nSPS) is 15.7. The molecule has 1 saturated heterocycles. The minimum atomic E-state index is -0.0271. The van der Waals surface area contributed by atoms with E-state index in [1.54, 1.807) is 0 Å². The van der Waals surface area contributed by atoms with Crippen molar-refractivity contribution in [3.8, 4) is 0 Å². The molecule has 2 nitrogen and oxygen atoms in total. The Morgan fingerprint density at radius 3 is 1.06 bits per heavy atom. The molecule has 48 heavy (non-hydrogen) atoms. The summed E-state index contributed by atoms with van der Waals surface area (Å²) < 4.78 is 5.36. The van der Waals surface area contributed by atoms with Gasteiger partial charge in [0.05, 0.1) is 0 Å². The molecule has 1 rings (SSSR count). The molecule has 280 valence electrons. The van der Waals surface area contributed by atoms with Gasteiger partial charge in [0.15, 0.2) is 0 Å². The van der Waals surface area contributed by atoms with Crippen molar-refractivity contribution in [2.45, 2.75) is 245 Å². The summed E-state index contributed by atoms with van der Waals surface area (Å²) in [4.78, 5) is 12.0. The van der Waals surface area contributed by atoms with Crippen molar-refractivity contribution < 1.29 is 9.53 Å². The SMILES string of the molecule is CCCCCCCCCCCCCCCCC/C=C/CC/C=C1/OC(=O)C1CC/C=C/CCCCCCCCCCCCCCCCC. The third-order valence-electron chi connectivity index (χ3n) is 10.4. The molecule has 0 radical (unpaired) electrons. The Hall–Kier alpha value is -1.31. The van der Waals surface area contributed by atoms with Crippen LogP contribution in [0, 0.1) is 5.92 Å². The van der Waals surface area contributed by atoms with Crippen LogP contribution in [0.25, 0.3) is 0 Å². The Labute approximate surface area is 301 Å². The molecule has 0 saturated carbocycles. The molecule has 0 aromatic heterocycles. The minimum absolute atomic E-state index is 0.00439. The Morgan fingerprint density at radius 2 is 0.708 bits per heavy atom. The van der Waals surface area contributed by atoms with Gasteiger partial charge in [-0.2, -0.15) is 0 Å². The standard InChI is InChI=1S/C46H84O2/c1-3-5-7-9-11-13-15-17-19-21-23-25-27-29-31-33-35-37-39-41-43-45-44(46(47)48-45)42-40-38-36-34-32-30-28-26-24-22-20-18-16-14-12-10-8-6-4-2/h35-38,43-44H,3-34,39-42H2,1-2H3/b37-35+,38-36+,45-43+. The number of hydrogen-bond donors (Lipinski definition) is 0. The number of carbonyl (C=O) groups excluding carboxylic acids is 1. The Kier molecular flexibility index (Phi) is 34.4. The van der Waals surface area contributed by atoms with Crippen LogP contribution in [0.5, 0.6) is 0 Å². The fraction of sp³-hybridized carbons (Fsp3) is 0.848. The smallest absolute Gasteiger partial charge is 0.321 e. The van der Waals surface area contributed by atoms with Gasteiger partial charge in [-0.15, -0.1) is 0 Å². The first-order valence-corrected chi connectivity index (χ1v) is 22.0. The monoisotopic (exact) mass is 669 g/mol. The van der Waals surface area contributed by atoms with Crippen LogP contribution >= 0.6 is 0 Å². The molecule has 1 aliphatic rings. The molecule has 2 heteroatoms. The second-order valence-corrected chi connectivity index (χ2v) is 15.2. The van der Waals surface area contributed by atoms with Gasteiger partial charge >= 0.3 is 5.97 Å². The second kappa shape index (κ2) is 37.0. The van der Waals surface area contributed by atoms with Crippen LogP contribution < -0.4 is 0 Å². The summed E-state index contributed by atoms with van der Waals surface area (Å²) in [7, 11) is 0. The second-order valence-electron chi connectivity index (χ2n) is 15.2. The zero-order valence-corrected chi connectivity index (χ0v) is 32.7. The van der Waals surface area contributed by atoms with Crippen LogP contribution in [0.15, 0.2) is 36.1 Å². The lowest BCUT2D eigenvalue weighted by molar-refractivity contribution is -0.157. The van der Waals surface area contributed by atoms with E-state index in [9.17, 15) is 4.79 Å². The fourth-order valence-electron chi connectivity index (χ4n) is 7.08. The summed E-state index contributed by atoms with van der Waals surface area (Å²) in [6, 6.07) is 0. The van der Waals surface area contributed by atoms with Gasteiger partial charge in [0.1, 0.15) is 11.7 Å². The predicted molar refractivity (Wildman–Crippen MR) is 214 cm³/mol. The van der Waals surface area contributed by atoms with Crippen molar-refractivity contribution in [3.63, 3.8) is 0 Å². The van der Waals surface area contributed by atoms with Crippen LogP contribution in [0.4, 0.5) is 0 Å². The molecule has 0 aliphatic carbocycles. The number of ether oxygens (including phenoxy) is 1. The Morgan fingerprint density at radius 1 is 0.396 bits per heavy atom. The first kappa shape index (κ1) is 44.7. The number of rotatable bonds is 38. The van der Waals surface area contributed by atoms with Gasteiger partial charge in [0, 0.05) is 0 Å². The molecular formula is C46H84O2. The van der Waals surface area contributed by atoms with E-state index in [0.717, 1.165) is 31.4 Å². The molecule has 0 aromatic carbocycles. The average Bonchev–Trinajstić information content (AvgIpc) is 3.09. The topological polar surface area (TPSA) is 26.3 Å². The summed E-state index contributed by atoms with van der Waals surface area (Å²) in [6.45, 7) is 4.59. The van der Waals surface area contributed by atoms with E-state index in [0.29, 0.717) is 0 Å². The van der Waals surface area contributed by atoms with Gasteiger partial charge in [-0.05, 0) is 57.4 Å². The largest absolute Gasteiger partial charge is 0.430 e. The van der Waals surface area contributed by atoms with Gasteiger partial charge in [-0.25, -0.2) is 0 Å². The van der Waals surface area contributed by atoms with E-state index >= 15 is 0 Å². The van der Waals surface area contributed by atoms with Gasteiger partial charge in [-0.1, -0.05) is 218 Å². The quantitative estimate of drug-likeness (QED) is 0.0372. The number of cyclic esters (lactones) is 1. The highest BCUT2D eigenvalue weighted by molar-refractivity contribution is 5.82. The van der Waals surface area contributed by atoms with E-state index in [1.165, 1.54) is 205 Å². The fourth-order valence-corrected chi connectivity index (χ4v) is 7.08. The van der Waals surface area contributed by atoms with Crippen LogP contribution in [-0.4, -0.2) is 5.97 Å². The Balaban J connectivity index is 1.85. The van der Waals surface area contributed by atoms with E-state index < -0.39 is 0 Å². The molecule has 1 fully saturated rings. The molecule has 1 atom stereocenters. The molecule has 0 aromatic rings. The maximum atomic E-state index is 12.0. The highest BCUT2D eigenvalue weighted by Gasteiger charge is 2.36.